The van der Waals surface area contributed by atoms with Gasteiger partial charge >= 0.3 is 0 Å². The minimum absolute atomic E-state index is 0.764. The molecule has 0 radical (unpaired) electrons. The van der Waals surface area contributed by atoms with Crippen molar-refractivity contribution in [3.05, 3.63) is 126 Å². The quantitative estimate of drug-likeness (QED) is 0.196. The van der Waals surface area contributed by atoms with E-state index in [0.717, 1.165) is 33.1 Å². The van der Waals surface area contributed by atoms with Crippen molar-refractivity contribution in [1.82, 2.24) is 0 Å². The molecule has 0 spiro atoms. The van der Waals surface area contributed by atoms with E-state index in [2.05, 4.69) is 102 Å². The second-order valence-corrected chi connectivity index (χ2v) is 11.5. The van der Waals surface area contributed by atoms with E-state index in [1.165, 1.54) is 36.4 Å². The van der Waals surface area contributed by atoms with E-state index in [0.29, 0.717) is 0 Å². The summed E-state index contributed by atoms with van der Waals surface area (Å²) in [5.74, 6) is 0. The molecule has 0 fully saturated rings. The van der Waals surface area contributed by atoms with Crippen molar-refractivity contribution in [2.24, 2.45) is 0 Å². The lowest BCUT2D eigenvalue weighted by Gasteiger charge is -2.25. The van der Waals surface area contributed by atoms with Gasteiger partial charge in [-0.15, -0.1) is 34.0 Å². The third-order valence-corrected chi connectivity index (χ3v) is 9.50. The maximum absolute atomic E-state index is 11.0. The Morgan fingerprint density at radius 2 is 0.889 bits per heavy atom. The molecule has 0 bridgehead atoms. The number of hydrogen-bond donors (Lipinski definition) is 0. The zero-order valence-corrected chi connectivity index (χ0v) is 21.7. The fraction of sp³-hybridized carbons (Fsp3) is 0. The lowest BCUT2D eigenvalue weighted by atomic mass is 10.1. The first kappa shape index (κ1) is 22.7. The van der Waals surface area contributed by atoms with Gasteiger partial charge in [0.2, 0.25) is 0 Å². The molecular weight excluding hydrogens is 499 g/mol. The molecule has 0 aliphatic heterocycles. The van der Waals surface area contributed by atoms with E-state index >= 15 is 0 Å². The summed E-state index contributed by atoms with van der Waals surface area (Å²) in [5.41, 5.74) is 4.60. The third-order valence-electron chi connectivity index (χ3n) is 5.88. The van der Waals surface area contributed by atoms with Gasteiger partial charge in [-0.05, 0) is 78.4 Å². The first-order chi connectivity index (χ1) is 17.8. The number of carbonyl (C=O) groups excluding carboxylic acids is 1. The highest BCUT2D eigenvalue weighted by Gasteiger charge is 2.13. The highest BCUT2D eigenvalue weighted by molar-refractivity contribution is 7.27. The molecule has 2 nitrogen and oxygen atoms in total. The van der Waals surface area contributed by atoms with Crippen LogP contribution in [0.5, 0.6) is 0 Å². The molecule has 3 heterocycles. The molecule has 174 valence electrons. The van der Waals surface area contributed by atoms with Gasteiger partial charge in [-0.2, -0.15) is 0 Å². The van der Waals surface area contributed by atoms with Gasteiger partial charge in [0.05, 0.1) is 4.88 Å². The van der Waals surface area contributed by atoms with Crippen molar-refractivity contribution in [3.63, 3.8) is 0 Å². The maximum Gasteiger partial charge on any atom is 0.160 e. The topological polar surface area (TPSA) is 20.3 Å². The highest BCUT2D eigenvalue weighted by atomic mass is 32.1. The van der Waals surface area contributed by atoms with Gasteiger partial charge in [-0.25, -0.2) is 0 Å². The van der Waals surface area contributed by atoms with Gasteiger partial charge in [-0.3, -0.25) is 4.79 Å². The molecule has 0 amide bonds. The predicted molar refractivity (Wildman–Crippen MR) is 156 cm³/mol. The van der Waals surface area contributed by atoms with E-state index in [-0.39, 0.29) is 0 Å². The largest absolute Gasteiger partial charge is 0.311 e. The molecule has 0 aliphatic rings. The Kier molecular flexibility index (Phi) is 6.35. The summed E-state index contributed by atoms with van der Waals surface area (Å²) in [5, 5.41) is 0. The monoisotopic (exact) mass is 519 g/mol. The van der Waals surface area contributed by atoms with Crippen LogP contribution in [-0.4, -0.2) is 6.29 Å². The second kappa shape index (κ2) is 10.1. The van der Waals surface area contributed by atoms with E-state index < -0.39 is 0 Å². The van der Waals surface area contributed by atoms with Gasteiger partial charge in [-0.1, -0.05) is 48.5 Å². The first-order valence-corrected chi connectivity index (χ1v) is 14.0. The van der Waals surface area contributed by atoms with Crippen LogP contribution in [0.25, 0.3) is 29.9 Å². The zero-order chi connectivity index (χ0) is 24.3. The standard InChI is InChI=1S/C31H21NOS3/c33-21-26-15-16-28(34-26)29-19-20-31(36-29)30-18-17-27(35-30)22-11-13-25(14-12-22)32(23-7-3-1-4-8-23)24-9-5-2-6-10-24/h1-21H. The zero-order valence-electron chi connectivity index (χ0n) is 19.2. The minimum Gasteiger partial charge on any atom is -0.311 e. The van der Waals surface area contributed by atoms with Crippen molar-refractivity contribution in [3.8, 4) is 29.9 Å². The Balaban J connectivity index is 1.27. The summed E-state index contributed by atoms with van der Waals surface area (Å²) in [6.45, 7) is 0. The number of aldehydes is 1. The SMILES string of the molecule is O=Cc1ccc(-c2ccc(-c3ccc(-c4ccc(N(c5ccccc5)c5ccccc5)cc4)s3)s2)s1. The molecule has 0 unspecified atom stereocenters. The van der Waals surface area contributed by atoms with Crippen LogP contribution in [0.1, 0.15) is 9.67 Å². The van der Waals surface area contributed by atoms with Gasteiger partial charge in [0.15, 0.2) is 6.29 Å². The predicted octanol–water partition coefficient (Wildman–Crippen LogP) is 10.2. The smallest absolute Gasteiger partial charge is 0.160 e. The van der Waals surface area contributed by atoms with Gasteiger partial charge < -0.3 is 4.90 Å². The van der Waals surface area contributed by atoms with E-state index in [4.69, 9.17) is 0 Å². The van der Waals surface area contributed by atoms with E-state index in [1.54, 1.807) is 11.3 Å². The van der Waals surface area contributed by atoms with Gasteiger partial charge in [0.25, 0.3) is 0 Å². The molecule has 5 heteroatoms. The number of nitrogens with zero attached hydrogens (tertiary/aromatic N) is 1. The molecule has 36 heavy (non-hydrogen) atoms. The van der Waals surface area contributed by atoms with Crippen LogP contribution in [0, 0.1) is 0 Å². The molecule has 3 aromatic carbocycles. The third kappa shape index (κ3) is 4.56. The summed E-state index contributed by atoms with van der Waals surface area (Å²) >= 11 is 5.12. The van der Waals surface area contributed by atoms with Crippen LogP contribution in [0.3, 0.4) is 0 Å². The second-order valence-electron chi connectivity index (χ2n) is 8.20. The van der Waals surface area contributed by atoms with Crippen molar-refractivity contribution in [2.45, 2.75) is 0 Å². The Labute approximate surface area is 222 Å². The van der Waals surface area contributed by atoms with Crippen LogP contribution in [0.15, 0.2) is 121 Å². The molecule has 6 aromatic rings. The van der Waals surface area contributed by atoms with Crippen molar-refractivity contribution in [2.75, 3.05) is 4.90 Å². The number of rotatable bonds is 7. The summed E-state index contributed by atoms with van der Waals surface area (Å²) in [4.78, 5) is 20.2. The molecule has 0 atom stereocenters. The van der Waals surface area contributed by atoms with Gasteiger partial charge in [0.1, 0.15) is 0 Å². The van der Waals surface area contributed by atoms with Crippen molar-refractivity contribution in [1.29, 1.82) is 0 Å². The number of carbonyl (C=O) groups is 1. The fourth-order valence-electron chi connectivity index (χ4n) is 4.15. The highest BCUT2D eigenvalue weighted by Crippen LogP contribution is 2.42. The summed E-state index contributed by atoms with van der Waals surface area (Å²) in [6.07, 6.45) is 0.915. The average molecular weight is 520 g/mol. The summed E-state index contributed by atoms with van der Waals surface area (Å²) < 4.78 is 0. The molecular formula is C31H21NOS3. The molecule has 3 aromatic heterocycles. The van der Waals surface area contributed by atoms with Crippen LogP contribution in [0.4, 0.5) is 17.1 Å². The maximum atomic E-state index is 11.0. The number of thiophene rings is 3. The van der Waals surface area contributed by atoms with Crippen LogP contribution < -0.4 is 4.90 Å². The summed E-state index contributed by atoms with van der Waals surface area (Å²) in [7, 11) is 0. The van der Waals surface area contributed by atoms with Crippen molar-refractivity contribution >= 4 is 57.4 Å². The number of hydrogen-bond acceptors (Lipinski definition) is 5. The minimum atomic E-state index is 0.764. The lowest BCUT2D eigenvalue weighted by molar-refractivity contribution is 0.112. The average Bonchev–Trinajstić information content (AvgIpc) is 3.71. The van der Waals surface area contributed by atoms with Crippen LogP contribution in [-0.2, 0) is 0 Å². The molecule has 6 rings (SSSR count). The Bertz CT molecular complexity index is 1560. The first-order valence-electron chi connectivity index (χ1n) is 11.5. The normalized spacial score (nSPS) is 10.9. The Hall–Kier alpha value is -3.77. The summed E-state index contributed by atoms with van der Waals surface area (Å²) in [6, 6.07) is 42.4. The lowest BCUT2D eigenvalue weighted by Crippen LogP contribution is -2.09. The molecule has 0 aliphatic carbocycles. The fourth-order valence-corrected chi connectivity index (χ4v) is 7.17. The van der Waals surface area contributed by atoms with Crippen LogP contribution >= 0.6 is 34.0 Å². The Morgan fingerprint density at radius 1 is 0.444 bits per heavy atom. The number of benzene rings is 3. The molecule has 0 saturated heterocycles. The van der Waals surface area contributed by atoms with E-state index in [1.807, 2.05) is 35.6 Å². The molecule has 0 N–H and O–H groups in total. The van der Waals surface area contributed by atoms with Crippen LogP contribution in [0.2, 0.25) is 0 Å². The molecule has 0 saturated carbocycles. The van der Waals surface area contributed by atoms with Crippen molar-refractivity contribution < 1.29 is 4.79 Å². The number of para-hydroxylation sites is 2. The van der Waals surface area contributed by atoms with Gasteiger partial charge in [0, 0.05) is 41.4 Å². The van der Waals surface area contributed by atoms with E-state index in [9.17, 15) is 4.79 Å². The Morgan fingerprint density at radius 3 is 1.42 bits per heavy atom. The number of anilines is 3.